The van der Waals surface area contributed by atoms with Crippen LogP contribution in [0.4, 0.5) is 5.69 Å². The zero-order chi connectivity index (χ0) is 101. The molecule has 0 bridgehead atoms. The summed E-state index contributed by atoms with van der Waals surface area (Å²) < 4.78 is 0. The van der Waals surface area contributed by atoms with Crippen LogP contribution < -0.4 is 5.32 Å². The SMILES string of the molecule is CCC(=O)Nc1cncc(-c2ccc3[nH]nc(-c4nc5c(C6CCC(O)CC6)cncc5[nH]4)c3c2)c1.OC1CCC(c2cncc3[nH]c(-c4n[nH]c5ccc(-c6cncc(CN7CCC(O)CC7)c6)cc45)nc23)CC1.OC1CCC(c2cncc3[nH]c(-c4n[nH]c5ccc(-c6cncc(CN7CCCC7)c6)cc45)nc23)CC1.OC1CCC(c2cncc3[nH]c(-c4n[nH]c5ccc(-c6cncc(CN7CCCCC7)c6)cc45)nc23)CC1. The summed E-state index contributed by atoms with van der Waals surface area (Å²) in [6.45, 7) is 11.1. The fourth-order valence-electron chi connectivity index (χ4n) is 23.5. The summed E-state index contributed by atoms with van der Waals surface area (Å²) in [5.74, 6) is 4.28. The number of anilines is 1. The molecule has 0 atom stereocenters. The van der Waals surface area contributed by atoms with Crippen LogP contribution in [0, 0.1) is 0 Å². The molecule has 4 saturated carbocycles. The lowest BCUT2D eigenvalue weighted by atomic mass is 9.83. The zero-order valence-electron chi connectivity index (χ0n) is 84.1. The number of aliphatic hydroxyl groups is 5. The van der Waals surface area contributed by atoms with Crippen LogP contribution in [0.25, 0.3) is 178 Å². The van der Waals surface area contributed by atoms with E-state index in [0.29, 0.717) is 41.6 Å². The summed E-state index contributed by atoms with van der Waals surface area (Å²) in [6, 6.07) is 33.8. The number of benzene rings is 4. The molecule has 150 heavy (non-hydrogen) atoms. The molecule has 4 aromatic carbocycles. The number of rotatable bonds is 20. The molecule has 7 aliphatic rings. The Kier molecular flexibility index (Phi) is 28.0. The lowest BCUT2D eigenvalue weighted by Crippen LogP contribution is -2.35. The van der Waals surface area contributed by atoms with Gasteiger partial charge >= 0.3 is 0 Å². The third kappa shape index (κ3) is 21.0. The number of pyridine rings is 8. The van der Waals surface area contributed by atoms with E-state index >= 15 is 0 Å². The molecule has 764 valence electrons. The van der Waals surface area contributed by atoms with E-state index in [4.69, 9.17) is 19.9 Å². The minimum Gasteiger partial charge on any atom is -0.393 e. The molecule has 3 aliphatic heterocycles. The van der Waals surface area contributed by atoms with E-state index in [1.54, 1.807) is 18.6 Å². The highest BCUT2D eigenvalue weighted by Gasteiger charge is 2.32. The summed E-state index contributed by atoms with van der Waals surface area (Å²) in [6.07, 6.45) is 52.0. The third-order valence-corrected chi connectivity index (χ3v) is 31.9. The molecular weight excluding hydrogens is 1880 g/mol. The minimum atomic E-state index is -0.202. The van der Waals surface area contributed by atoms with E-state index < -0.39 is 0 Å². The molecule has 0 spiro atoms. The number of carbonyl (C=O) groups is 1. The van der Waals surface area contributed by atoms with Crippen molar-refractivity contribution < 1.29 is 30.3 Å². The number of hydrogen-bond acceptors (Lipinski definition) is 25. The lowest BCUT2D eigenvalue weighted by Gasteiger charge is -2.29. The predicted molar refractivity (Wildman–Crippen MR) is 581 cm³/mol. The van der Waals surface area contributed by atoms with Gasteiger partial charge < -0.3 is 50.8 Å². The van der Waals surface area contributed by atoms with Gasteiger partial charge in [0, 0.05) is 173 Å². The highest BCUT2D eigenvalue weighted by molar-refractivity contribution is 6.01. The summed E-state index contributed by atoms with van der Waals surface area (Å²) in [4.78, 5) is 88.9. The molecule has 14 N–H and O–H groups in total. The summed E-state index contributed by atoms with van der Waals surface area (Å²) in [7, 11) is 0. The second-order valence-corrected chi connectivity index (χ2v) is 42.1. The molecule has 0 radical (unpaired) electrons. The molecule has 3 saturated heterocycles. The summed E-state index contributed by atoms with van der Waals surface area (Å²) in [5.41, 5.74) is 31.7. The standard InChI is InChI=1S/C30H33N7O2.C30H33N7O.C29H31N7O.C27H27N7O2/c38-22-4-1-19(2-5-22)25-15-32-16-27-28(25)34-30(33-27)29-24-12-20(3-6-26(24)35-36-29)21-11-18(13-31-14-21)17-37-9-7-23(39)8-10-37;38-23-7-4-20(5-8-23)25-16-32-17-27-28(25)34-30(33-27)29-24-13-21(6-9-26(24)35-36-29)22-12-19(14-31-15-22)18-37-10-2-1-3-11-37;37-22-6-3-19(4-7-22)24-15-31-16-26-27(24)33-29(32-26)28-23-12-20(5-8-25(23)34-35-28)21-11-18(13-30-14-21)17-36-9-1-2-10-36;1-2-24(36)30-18-9-17(11-28-12-18)16-5-8-22-20(10-16)26(34-33-22)27-31-23-14-29-13-21(25(23)32-27)15-3-6-19(35)7-4-15/h3,6,11-16,19,22-23,38-39H,1-2,4-5,7-10,17H2,(H,33,34)(H,35,36);6,9,12-17,20,23,38H,1-5,7-8,10-11,18H2,(H,33,34)(H,35,36);5,8,11-16,19,22,37H,1-4,6-7,9-10,17H2,(H,32,33)(H,34,35);5,8-15,19,35H,2-4,6-7H2,1H3,(H,30,36)(H,31,32)(H,33,34). The second-order valence-electron chi connectivity index (χ2n) is 42.1. The number of piperidine rings is 2. The van der Waals surface area contributed by atoms with Gasteiger partial charge in [-0.3, -0.25) is 79.8 Å². The van der Waals surface area contributed by atoms with E-state index in [0.717, 1.165) is 343 Å². The van der Waals surface area contributed by atoms with Crippen molar-refractivity contribution >= 4 is 99.3 Å². The number of H-pyrrole nitrogens is 8. The number of amides is 1. The molecule has 19 heterocycles. The molecule has 34 heteroatoms. The first-order chi connectivity index (χ1) is 73.6. The Bertz CT molecular complexity index is 8210. The first kappa shape index (κ1) is 97.1. The average molecular weight is 2010 g/mol. The van der Waals surface area contributed by atoms with Crippen molar-refractivity contribution in [2.45, 2.75) is 235 Å². The molecular formula is C116H124N28O6. The van der Waals surface area contributed by atoms with Gasteiger partial charge in [-0.2, -0.15) is 20.4 Å². The molecule has 16 aromatic heterocycles. The predicted octanol–water partition coefficient (Wildman–Crippen LogP) is 20.2. The number of carbonyl (C=O) groups excluding carboxylic acids is 1. The number of fused-ring (bicyclic) bond motifs is 8. The largest absolute Gasteiger partial charge is 0.393 e. The highest BCUT2D eigenvalue weighted by Crippen LogP contribution is 2.45. The van der Waals surface area contributed by atoms with Crippen molar-refractivity contribution in [3.05, 3.63) is 235 Å². The average Bonchev–Trinajstić information content (AvgIpc) is 1.62. The maximum absolute atomic E-state index is 11.8. The molecule has 0 unspecified atom stereocenters. The van der Waals surface area contributed by atoms with E-state index in [9.17, 15) is 30.3 Å². The molecule has 7 fully saturated rings. The number of aromatic nitrogens is 24. The number of likely N-dealkylation sites (tertiary alicyclic amines) is 3. The molecule has 27 rings (SSSR count). The Hall–Kier alpha value is -15.0. The first-order valence-electron chi connectivity index (χ1n) is 53.6. The monoisotopic (exact) mass is 2010 g/mol. The van der Waals surface area contributed by atoms with Gasteiger partial charge in [0.1, 0.15) is 22.8 Å². The number of aromatic amines is 8. The van der Waals surface area contributed by atoms with E-state index in [2.05, 4.69) is 199 Å². The van der Waals surface area contributed by atoms with Crippen LogP contribution in [-0.2, 0) is 24.4 Å². The van der Waals surface area contributed by atoms with E-state index in [-0.39, 0.29) is 36.4 Å². The van der Waals surface area contributed by atoms with Crippen molar-refractivity contribution in [1.29, 1.82) is 0 Å². The summed E-state index contributed by atoms with van der Waals surface area (Å²) >= 11 is 0. The zero-order valence-corrected chi connectivity index (χ0v) is 84.1. The maximum Gasteiger partial charge on any atom is 0.224 e. The van der Waals surface area contributed by atoms with Crippen LogP contribution in [0.1, 0.15) is 224 Å². The minimum absolute atomic E-state index is 0.0512. The smallest absolute Gasteiger partial charge is 0.224 e. The van der Waals surface area contributed by atoms with Crippen molar-refractivity contribution in [3.8, 4) is 90.6 Å². The molecule has 1 amide bonds. The Balaban J connectivity index is 0.000000106. The van der Waals surface area contributed by atoms with Gasteiger partial charge in [0.2, 0.25) is 5.91 Å². The van der Waals surface area contributed by atoms with Crippen molar-refractivity contribution in [3.63, 3.8) is 0 Å². The Morgan fingerprint density at radius 1 is 0.287 bits per heavy atom. The normalized spacial score (nSPS) is 20.3. The fraction of sp³-hybridized carbons (Fsp3) is 0.371. The number of imidazole rings is 4. The van der Waals surface area contributed by atoms with Crippen molar-refractivity contribution in [1.82, 2.24) is 135 Å². The van der Waals surface area contributed by atoms with Gasteiger partial charge in [0.05, 0.1) is 133 Å². The first-order valence-corrected chi connectivity index (χ1v) is 53.6. The molecule has 4 aliphatic carbocycles. The Morgan fingerprint density at radius 3 is 0.853 bits per heavy atom. The van der Waals surface area contributed by atoms with Crippen LogP contribution in [0.5, 0.6) is 0 Å². The number of aliphatic hydroxyl groups excluding tert-OH is 5. The number of nitrogens with zero attached hydrogens (tertiary/aromatic N) is 19. The van der Waals surface area contributed by atoms with Crippen LogP contribution in [0.2, 0.25) is 0 Å². The maximum atomic E-state index is 11.8. The number of hydrogen-bond donors (Lipinski definition) is 14. The lowest BCUT2D eigenvalue weighted by molar-refractivity contribution is -0.115. The number of nitrogens with one attached hydrogen (secondary N) is 9. The Labute approximate surface area is 865 Å². The van der Waals surface area contributed by atoms with Gasteiger partial charge in [-0.1, -0.05) is 37.6 Å². The second kappa shape index (κ2) is 43.3. The van der Waals surface area contributed by atoms with Crippen molar-refractivity contribution in [2.24, 2.45) is 0 Å². The fourth-order valence-corrected chi connectivity index (χ4v) is 23.5. The van der Waals surface area contributed by atoms with Gasteiger partial charge in [-0.15, -0.1) is 0 Å². The molecule has 20 aromatic rings. The third-order valence-electron chi connectivity index (χ3n) is 31.9. The van der Waals surface area contributed by atoms with E-state index in [1.807, 2.05) is 106 Å². The van der Waals surface area contributed by atoms with Crippen LogP contribution in [0.3, 0.4) is 0 Å². The quantitative estimate of drug-likeness (QED) is 0.0337. The van der Waals surface area contributed by atoms with Crippen LogP contribution >= 0.6 is 0 Å². The molecule has 34 nitrogen and oxygen atoms in total. The van der Waals surface area contributed by atoms with Gasteiger partial charge in [0.25, 0.3) is 0 Å². The van der Waals surface area contributed by atoms with Gasteiger partial charge in [-0.05, 0) is 303 Å². The topological polar surface area (TPSA) is 473 Å². The van der Waals surface area contributed by atoms with Crippen LogP contribution in [-0.4, -0.2) is 236 Å². The summed E-state index contributed by atoms with van der Waals surface area (Å²) in [5, 5.41) is 87.6. The van der Waals surface area contributed by atoms with Crippen molar-refractivity contribution in [2.75, 3.05) is 44.6 Å². The van der Waals surface area contributed by atoms with E-state index in [1.165, 1.54) is 75.0 Å². The van der Waals surface area contributed by atoms with Gasteiger partial charge in [-0.25, -0.2) is 19.9 Å². The Morgan fingerprint density at radius 2 is 0.553 bits per heavy atom. The van der Waals surface area contributed by atoms with Gasteiger partial charge in [0.15, 0.2) is 23.3 Å². The van der Waals surface area contributed by atoms with Crippen LogP contribution in [0.15, 0.2) is 196 Å². The highest BCUT2D eigenvalue weighted by atomic mass is 16.3.